The number of likely N-dealkylation sites (tertiary alicyclic amines) is 1. The summed E-state index contributed by atoms with van der Waals surface area (Å²) < 4.78 is 43.3. The third-order valence-electron chi connectivity index (χ3n) is 4.68. The van der Waals surface area contributed by atoms with Crippen molar-refractivity contribution in [2.24, 2.45) is 4.99 Å². The van der Waals surface area contributed by atoms with E-state index < -0.39 is 11.7 Å². The molecule has 2 rings (SSSR count). The lowest BCUT2D eigenvalue weighted by atomic mass is 10.0. The number of alkyl halides is 3. The summed E-state index contributed by atoms with van der Waals surface area (Å²) >= 11 is 5.84. The molecule has 172 valence electrons. The van der Waals surface area contributed by atoms with E-state index in [2.05, 4.69) is 39.4 Å². The van der Waals surface area contributed by atoms with E-state index in [4.69, 9.17) is 16.3 Å². The zero-order chi connectivity index (χ0) is 21.4. The molecule has 1 aromatic rings. The third kappa shape index (κ3) is 8.62. The van der Waals surface area contributed by atoms with Crippen molar-refractivity contribution in [3.05, 3.63) is 22.8 Å². The van der Waals surface area contributed by atoms with Gasteiger partial charge >= 0.3 is 6.18 Å². The van der Waals surface area contributed by atoms with Gasteiger partial charge in [-0.25, -0.2) is 9.98 Å². The number of aromatic nitrogens is 1. The summed E-state index contributed by atoms with van der Waals surface area (Å²) in [6.45, 7) is 9.70. The van der Waals surface area contributed by atoms with E-state index in [1.807, 2.05) is 6.92 Å². The lowest BCUT2D eigenvalue weighted by Gasteiger charge is -2.35. The van der Waals surface area contributed by atoms with Crippen LogP contribution in [0.4, 0.5) is 13.2 Å². The van der Waals surface area contributed by atoms with Gasteiger partial charge in [0.2, 0.25) is 5.88 Å². The quantitative estimate of drug-likeness (QED) is 0.226. The van der Waals surface area contributed by atoms with Gasteiger partial charge in [0.15, 0.2) is 5.96 Å². The predicted octanol–water partition coefficient (Wildman–Crippen LogP) is 4.18. The molecule has 0 atom stereocenters. The summed E-state index contributed by atoms with van der Waals surface area (Å²) in [5, 5.41) is 6.47. The zero-order valence-electron chi connectivity index (χ0n) is 17.4. The van der Waals surface area contributed by atoms with E-state index in [1.165, 1.54) is 0 Å². The lowest BCUT2D eigenvalue weighted by Crippen LogP contribution is -2.50. The van der Waals surface area contributed by atoms with Gasteiger partial charge in [0.25, 0.3) is 0 Å². The van der Waals surface area contributed by atoms with Crippen LogP contribution in [0.15, 0.2) is 17.3 Å². The van der Waals surface area contributed by atoms with E-state index in [0.717, 1.165) is 38.5 Å². The molecule has 1 aliphatic rings. The molecule has 0 aromatic carbocycles. The van der Waals surface area contributed by atoms with Gasteiger partial charge in [-0.05, 0) is 39.7 Å². The van der Waals surface area contributed by atoms with Gasteiger partial charge < -0.3 is 20.3 Å². The SMILES string of the molecule is CCNC(=NCCOc1ncc(C(F)(F)F)cc1Cl)NC1CCN(C(C)C)CC1.I. The van der Waals surface area contributed by atoms with Crippen LogP contribution in [0.3, 0.4) is 0 Å². The van der Waals surface area contributed by atoms with Crippen LogP contribution in [0.25, 0.3) is 0 Å². The fourth-order valence-electron chi connectivity index (χ4n) is 3.06. The molecule has 2 heterocycles. The number of ether oxygens (including phenoxy) is 1. The van der Waals surface area contributed by atoms with Gasteiger partial charge in [-0.15, -0.1) is 24.0 Å². The molecular formula is C19H30ClF3IN5O. The third-order valence-corrected chi connectivity index (χ3v) is 4.95. The first-order chi connectivity index (χ1) is 13.7. The van der Waals surface area contributed by atoms with Gasteiger partial charge in [0.05, 0.1) is 12.1 Å². The molecule has 30 heavy (non-hydrogen) atoms. The number of piperidine rings is 1. The molecule has 2 N–H and O–H groups in total. The molecule has 0 amide bonds. The molecule has 1 aromatic heterocycles. The molecular weight excluding hydrogens is 534 g/mol. The summed E-state index contributed by atoms with van der Waals surface area (Å²) in [6, 6.07) is 1.72. The van der Waals surface area contributed by atoms with E-state index in [0.29, 0.717) is 30.8 Å². The average Bonchev–Trinajstić information content (AvgIpc) is 2.66. The lowest BCUT2D eigenvalue weighted by molar-refractivity contribution is -0.137. The van der Waals surface area contributed by atoms with Crippen molar-refractivity contribution in [3.8, 4) is 5.88 Å². The normalized spacial score (nSPS) is 16.3. The number of pyridine rings is 1. The van der Waals surface area contributed by atoms with Crippen LogP contribution in [0.5, 0.6) is 5.88 Å². The number of halogens is 5. The number of rotatable bonds is 7. The monoisotopic (exact) mass is 563 g/mol. The zero-order valence-corrected chi connectivity index (χ0v) is 20.5. The number of guanidine groups is 1. The summed E-state index contributed by atoms with van der Waals surface area (Å²) in [4.78, 5) is 10.6. The molecule has 0 saturated carbocycles. The van der Waals surface area contributed by atoms with Gasteiger partial charge in [0, 0.05) is 37.9 Å². The predicted molar refractivity (Wildman–Crippen MR) is 124 cm³/mol. The summed E-state index contributed by atoms with van der Waals surface area (Å²) in [7, 11) is 0. The fraction of sp³-hybridized carbons (Fsp3) is 0.684. The standard InChI is InChI=1S/C19H29ClF3N5O.HI/c1-4-24-18(27-15-5-8-28(9-6-15)13(2)3)25-7-10-29-17-16(20)11-14(12-26-17)19(21,22)23;/h11-13,15H,4-10H2,1-3H3,(H2,24,25,27);1H. The maximum absolute atomic E-state index is 12.6. The van der Waals surface area contributed by atoms with Crippen molar-refractivity contribution in [3.63, 3.8) is 0 Å². The number of nitrogens with one attached hydrogen (secondary N) is 2. The van der Waals surface area contributed by atoms with Crippen molar-refractivity contribution in [1.29, 1.82) is 0 Å². The van der Waals surface area contributed by atoms with Crippen molar-refractivity contribution in [2.75, 3.05) is 32.8 Å². The second-order valence-electron chi connectivity index (χ2n) is 7.17. The Labute approximate surface area is 198 Å². The highest BCUT2D eigenvalue weighted by Gasteiger charge is 2.31. The number of hydrogen-bond acceptors (Lipinski definition) is 4. The molecule has 0 unspecified atom stereocenters. The first-order valence-electron chi connectivity index (χ1n) is 9.85. The molecule has 0 radical (unpaired) electrons. The second-order valence-corrected chi connectivity index (χ2v) is 7.57. The Kier molecular flexibility index (Phi) is 11.5. The number of nitrogens with zero attached hydrogens (tertiary/aromatic N) is 3. The average molecular weight is 564 g/mol. The first-order valence-corrected chi connectivity index (χ1v) is 10.2. The summed E-state index contributed by atoms with van der Waals surface area (Å²) in [5.41, 5.74) is -0.907. The minimum absolute atomic E-state index is 0. The topological polar surface area (TPSA) is 61.8 Å². The molecule has 1 aliphatic heterocycles. The minimum Gasteiger partial charge on any atom is -0.475 e. The Morgan fingerprint density at radius 1 is 1.37 bits per heavy atom. The van der Waals surface area contributed by atoms with E-state index in [9.17, 15) is 13.2 Å². The molecule has 1 saturated heterocycles. The van der Waals surface area contributed by atoms with E-state index >= 15 is 0 Å². The Balaban J connectivity index is 0.00000450. The Hall–Kier alpha value is -1.01. The highest BCUT2D eigenvalue weighted by Crippen LogP contribution is 2.33. The van der Waals surface area contributed by atoms with Crippen LogP contribution < -0.4 is 15.4 Å². The molecule has 1 fully saturated rings. The van der Waals surface area contributed by atoms with Gasteiger partial charge in [-0.2, -0.15) is 13.2 Å². The fourth-order valence-corrected chi connectivity index (χ4v) is 3.28. The smallest absolute Gasteiger partial charge is 0.417 e. The maximum atomic E-state index is 12.6. The second kappa shape index (κ2) is 12.7. The summed E-state index contributed by atoms with van der Waals surface area (Å²) in [6.07, 6.45) is -1.69. The maximum Gasteiger partial charge on any atom is 0.417 e. The van der Waals surface area contributed by atoms with Gasteiger partial charge in [0.1, 0.15) is 11.6 Å². The van der Waals surface area contributed by atoms with Crippen LogP contribution in [0.1, 0.15) is 39.2 Å². The van der Waals surface area contributed by atoms with Crippen LogP contribution in [0.2, 0.25) is 5.02 Å². The molecule has 0 spiro atoms. The van der Waals surface area contributed by atoms with Crippen LogP contribution >= 0.6 is 35.6 Å². The van der Waals surface area contributed by atoms with E-state index in [1.54, 1.807) is 0 Å². The highest BCUT2D eigenvalue weighted by molar-refractivity contribution is 14.0. The van der Waals surface area contributed by atoms with Crippen molar-refractivity contribution >= 4 is 41.5 Å². The van der Waals surface area contributed by atoms with Gasteiger partial charge in [-0.3, -0.25) is 0 Å². The number of aliphatic imine (C=N–C) groups is 1. The van der Waals surface area contributed by atoms with E-state index in [-0.39, 0.29) is 41.5 Å². The molecule has 0 bridgehead atoms. The van der Waals surface area contributed by atoms with Crippen LogP contribution in [-0.2, 0) is 6.18 Å². The van der Waals surface area contributed by atoms with Crippen molar-refractivity contribution < 1.29 is 17.9 Å². The Bertz CT molecular complexity index is 683. The number of hydrogen-bond donors (Lipinski definition) is 2. The molecule has 6 nitrogen and oxygen atoms in total. The van der Waals surface area contributed by atoms with Crippen LogP contribution in [0, 0.1) is 0 Å². The largest absolute Gasteiger partial charge is 0.475 e. The van der Waals surface area contributed by atoms with Crippen molar-refractivity contribution in [2.45, 2.75) is 51.9 Å². The van der Waals surface area contributed by atoms with Gasteiger partial charge in [-0.1, -0.05) is 11.6 Å². The Morgan fingerprint density at radius 3 is 2.57 bits per heavy atom. The summed E-state index contributed by atoms with van der Waals surface area (Å²) in [5.74, 6) is 0.666. The highest BCUT2D eigenvalue weighted by atomic mass is 127. The molecule has 11 heteroatoms. The molecule has 0 aliphatic carbocycles. The Morgan fingerprint density at radius 2 is 2.03 bits per heavy atom. The van der Waals surface area contributed by atoms with Crippen molar-refractivity contribution in [1.82, 2.24) is 20.5 Å². The minimum atomic E-state index is -4.49. The van der Waals surface area contributed by atoms with Crippen LogP contribution in [-0.4, -0.2) is 60.7 Å². The first kappa shape index (κ1) is 27.0.